The van der Waals surface area contributed by atoms with Crippen molar-refractivity contribution >= 4 is 52.1 Å². The van der Waals surface area contributed by atoms with Gasteiger partial charge in [0.25, 0.3) is 0 Å². The van der Waals surface area contributed by atoms with Gasteiger partial charge in [0.15, 0.2) is 34.7 Å². The van der Waals surface area contributed by atoms with Crippen LogP contribution in [0.5, 0.6) is 5.75 Å². The number of nitrogens with one attached hydrogen (secondary N) is 2. The lowest BCUT2D eigenvalue weighted by Crippen LogP contribution is -2.74. The maximum Gasteiger partial charge on any atom is 0.418 e. The number of urea groups is 1. The molecule has 256 valence electrons. The van der Waals surface area contributed by atoms with E-state index >= 15 is 0 Å². The van der Waals surface area contributed by atoms with Crippen molar-refractivity contribution in [3.05, 3.63) is 46.5 Å². The molecule has 6 N–H and O–H groups in total. The third kappa shape index (κ3) is 5.28. The number of Topliss-reactive ketones (excluding diaryl/α,β-unsaturated/α-hetero) is 4. The highest BCUT2D eigenvalue weighted by Crippen LogP contribution is 2.53. The summed E-state index contributed by atoms with van der Waals surface area (Å²) in [5.41, 5.74) is 0.874. The van der Waals surface area contributed by atoms with Crippen LogP contribution in [0.3, 0.4) is 0 Å². The molecule has 0 saturated heterocycles. The number of aliphatic hydroxyl groups is 1. The molecule has 3 aliphatic carbocycles. The van der Waals surface area contributed by atoms with Crippen molar-refractivity contribution in [3.8, 4) is 5.75 Å². The number of halogens is 3. The highest BCUT2D eigenvalue weighted by atomic mass is 19.4. The number of fused-ring (bicyclic) bond motifs is 3. The van der Waals surface area contributed by atoms with Crippen LogP contribution in [0.25, 0.3) is 0 Å². The lowest BCUT2D eigenvalue weighted by Gasteiger charge is -2.52. The molecule has 0 bridgehead atoms. The first-order valence-corrected chi connectivity index (χ1v) is 14.9. The van der Waals surface area contributed by atoms with Gasteiger partial charge in [0, 0.05) is 25.7 Å². The number of amides is 3. The Morgan fingerprint density at radius 1 is 1.00 bits per heavy atom. The largest absolute Gasteiger partial charge is 0.505 e. The number of rotatable bonds is 5. The molecular formula is C32H34F3N5O8. The van der Waals surface area contributed by atoms with Crippen molar-refractivity contribution in [3.63, 3.8) is 0 Å². The number of hydrogen-bond acceptors (Lipinski definition) is 10. The summed E-state index contributed by atoms with van der Waals surface area (Å²) >= 11 is 0. The molecule has 16 heteroatoms. The average Bonchev–Trinajstić information content (AvgIpc) is 2.96. The fraction of sp³-hybridized carbons (Fsp3) is 0.438. The number of aromatic hydroxyl groups is 1. The summed E-state index contributed by atoms with van der Waals surface area (Å²) in [6.45, 7) is 1.45. The maximum atomic E-state index is 14.1. The van der Waals surface area contributed by atoms with Crippen LogP contribution < -0.4 is 21.3 Å². The number of ketones is 4. The molecule has 2 aromatic carbocycles. The van der Waals surface area contributed by atoms with Crippen molar-refractivity contribution in [2.75, 3.05) is 43.7 Å². The molecule has 48 heavy (non-hydrogen) atoms. The summed E-state index contributed by atoms with van der Waals surface area (Å²) in [6.07, 6.45) is -4.98. The molecule has 2 saturated carbocycles. The van der Waals surface area contributed by atoms with E-state index in [1.807, 2.05) is 0 Å². The van der Waals surface area contributed by atoms with Gasteiger partial charge in [0.05, 0.1) is 34.5 Å². The molecule has 0 spiro atoms. The van der Waals surface area contributed by atoms with Crippen LogP contribution in [-0.2, 0) is 31.8 Å². The zero-order chi connectivity index (χ0) is 35.8. The summed E-state index contributed by atoms with van der Waals surface area (Å²) in [5.74, 6) is -12.6. The number of hydrogen-bond donors (Lipinski definition) is 5. The molecule has 6 atom stereocenters. The van der Waals surface area contributed by atoms with Crippen molar-refractivity contribution in [1.29, 1.82) is 0 Å². The van der Waals surface area contributed by atoms with Crippen LogP contribution in [-0.4, -0.2) is 90.0 Å². The summed E-state index contributed by atoms with van der Waals surface area (Å²) in [4.78, 5) is 83.1. The van der Waals surface area contributed by atoms with Gasteiger partial charge in [-0.1, -0.05) is 11.6 Å². The van der Waals surface area contributed by atoms with E-state index in [1.54, 1.807) is 19.0 Å². The quantitative estimate of drug-likeness (QED) is 0.231. The van der Waals surface area contributed by atoms with Crippen molar-refractivity contribution in [1.82, 2.24) is 4.90 Å². The zero-order valence-electron chi connectivity index (χ0n) is 26.6. The van der Waals surface area contributed by atoms with Crippen LogP contribution in [0.15, 0.2) is 24.3 Å². The summed E-state index contributed by atoms with van der Waals surface area (Å²) in [7, 11) is 6.16. The SMILES string of the molecule is Cc1ccc(NC(=O)Nc2cc(N(C)C)c3c(c2O)C(=O)C2C(=O)[C@]4(O)C(=O)C(C(N)=O)C(=O)[C@@H](N(C)C)[C@@H]4C[C@@H]2C3)c(C(F)(F)F)c1. The molecule has 2 unspecified atom stereocenters. The van der Waals surface area contributed by atoms with Gasteiger partial charge in [-0.05, 0) is 63.5 Å². The van der Waals surface area contributed by atoms with E-state index < -0.39 is 99.1 Å². The number of nitrogens with zero attached hydrogens (tertiary/aromatic N) is 2. The van der Waals surface area contributed by atoms with Crippen LogP contribution in [0.1, 0.15) is 33.5 Å². The minimum atomic E-state index is -4.80. The summed E-state index contributed by atoms with van der Waals surface area (Å²) in [5, 5.41) is 27.5. The van der Waals surface area contributed by atoms with Crippen molar-refractivity contribution in [2.45, 2.75) is 37.6 Å². The maximum absolute atomic E-state index is 14.1. The summed E-state index contributed by atoms with van der Waals surface area (Å²) in [6, 6.07) is 2.15. The third-order valence-electron chi connectivity index (χ3n) is 9.50. The molecule has 0 heterocycles. The number of likely N-dealkylation sites (N-methyl/N-ethyl adjacent to an activating group) is 1. The van der Waals surface area contributed by atoms with Gasteiger partial charge >= 0.3 is 12.2 Å². The number of alkyl halides is 3. The van der Waals surface area contributed by atoms with E-state index in [-0.39, 0.29) is 24.1 Å². The van der Waals surface area contributed by atoms with E-state index in [0.29, 0.717) is 11.3 Å². The van der Waals surface area contributed by atoms with Gasteiger partial charge in [0.1, 0.15) is 5.75 Å². The number of carbonyl (C=O) groups excluding carboxylic acids is 6. The second kappa shape index (κ2) is 11.7. The Kier molecular flexibility index (Phi) is 8.41. The Morgan fingerprint density at radius 3 is 2.19 bits per heavy atom. The van der Waals surface area contributed by atoms with Crippen LogP contribution in [0, 0.1) is 30.6 Å². The van der Waals surface area contributed by atoms with Gasteiger partial charge < -0.3 is 31.5 Å². The third-order valence-corrected chi connectivity index (χ3v) is 9.50. The fourth-order valence-corrected chi connectivity index (χ4v) is 7.42. The topological polar surface area (TPSA) is 199 Å². The number of carbonyl (C=O) groups is 6. The van der Waals surface area contributed by atoms with Gasteiger partial charge in [-0.2, -0.15) is 13.2 Å². The zero-order valence-corrected chi connectivity index (χ0v) is 26.6. The van der Waals surface area contributed by atoms with Crippen LogP contribution >= 0.6 is 0 Å². The standard InChI is InChI=1S/C32H34F3N5O8/c1-12-6-7-17(15(8-12)32(33,34)35)37-30(47)38-18-11-19(39(2)3)14-9-13-10-16-23(40(4)5)26(43)22(29(36)46)28(45)31(16,48)27(44)20(13)25(42)21(14)24(18)41/h6-8,11,13,16,20,22-23,41,48H,9-10H2,1-5H3,(H2,36,46)(H2,37,38,47)/t13-,16-,20?,22?,23-,31-/m0/s1. The average molecular weight is 674 g/mol. The molecule has 3 aliphatic rings. The van der Waals surface area contributed by atoms with E-state index in [0.717, 1.165) is 12.1 Å². The molecule has 0 aliphatic heterocycles. The van der Waals surface area contributed by atoms with Crippen molar-refractivity contribution < 1.29 is 52.2 Å². The number of aryl methyl sites for hydroxylation is 1. The van der Waals surface area contributed by atoms with E-state index in [9.17, 15) is 52.2 Å². The monoisotopic (exact) mass is 673 g/mol. The van der Waals surface area contributed by atoms with Gasteiger partial charge in [-0.15, -0.1) is 0 Å². The highest BCUT2D eigenvalue weighted by molar-refractivity contribution is 6.32. The lowest BCUT2D eigenvalue weighted by molar-refractivity contribution is -0.181. The van der Waals surface area contributed by atoms with E-state index in [4.69, 9.17) is 5.73 Å². The molecule has 2 fully saturated rings. The Hall–Kier alpha value is -4.83. The normalized spacial score (nSPS) is 26.8. The first-order chi connectivity index (χ1) is 22.2. The fourth-order valence-electron chi connectivity index (χ4n) is 7.42. The second-order valence-corrected chi connectivity index (χ2v) is 13.0. The Morgan fingerprint density at radius 2 is 1.62 bits per heavy atom. The molecule has 5 rings (SSSR count). The number of phenolic OH excluding ortho intramolecular Hbond substituents is 1. The van der Waals surface area contributed by atoms with Gasteiger partial charge in [-0.25, -0.2) is 4.79 Å². The van der Waals surface area contributed by atoms with Crippen LogP contribution in [0.4, 0.5) is 35.0 Å². The lowest BCUT2D eigenvalue weighted by atomic mass is 9.52. The smallest absolute Gasteiger partial charge is 0.418 e. The number of nitrogens with two attached hydrogens (primary N) is 1. The molecule has 0 aromatic heterocycles. The second-order valence-electron chi connectivity index (χ2n) is 13.0. The Balaban J connectivity index is 1.56. The predicted octanol–water partition coefficient (Wildman–Crippen LogP) is 1.90. The number of phenols is 1. The van der Waals surface area contributed by atoms with Crippen molar-refractivity contribution in [2.24, 2.45) is 29.4 Å². The minimum absolute atomic E-state index is 0.0301. The number of benzene rings is 2. The molecule has 0 radical (unpaired) electrons. The molecule has 13 nitrogen and oxygen atoms in total. The minimum Gasteiger partial charge on any atom is -0.505 e. The van der Waals surface area contributed by atoms with Gasteiger partial charge in [-0.3, -0.25) is 28.9 Å². The first-order valence-electron chi connectivity index (χ1n) is 14.9. The highest BCUT2D eigenvalue weighted by Gasteiger charge is 2.69. The predicted molar refractivity (Wildman–Crippen MR) is 165 cm³/mol. The number of primary amides is 1. The summed E-state index contributed by atoms with van der Waals surface area (Å²) < 4.78 is 40.9. The molecule has 2 aromatic rings. The van der Waals surface area contributed by atoms with E-state index in [2.05, 4.69) is 10.6 Å². The number of anilines is 3. The first kappa shape index (κ1) is 34.5. The molecular weight excluding hydrogens is 639 g/mol. The Labute approximate surface area is 272 Å². The van der Waals surface area contributed by atoms with Gasteiger partial charge in [0.2, 0.25) is 5.91 Å². The Bertz CT molecular complexity index is 1790. The van der Waals surface area contributed by atoms with E-state index in [1.165, 1.54) is 38.1 Å². The molecule has 3 amide bonds. The van der Waals surface area contributed by atoms with Crippen LogP contribution in [0.2, 0.25) is 0 Å².